The van der Waals surface area contributed by atoms with Gasteiger partial charge in [-0.15, -0.1) is 0 Å². The second-order valence-corrected chi connectivity index (χ2v) is 19.3. The third kappa shape index (κ3) is 6.52. The molecule has 0 amide bonds. The lowest BCUT2D eigenvalue weighted by Gasteiger charge is -2.26. The monoisotopic (exact) mass is 802 g/mol. The normalized spacial score (nSPS) is 18.1. The van der Waals surface area contributed by atoms with Crippen molar-refractivity contribution in [2.75, 3.05) is 11.4 Å². The Labute approximate surface area is 306 Å². The molecule has 0 spiro atoms. The highest BCUT2D eigenvalue weighted by molar-refractivity contribution is 7.87. The zero-order chi connectivity index (χ0) is 39.3. The lowest BCUT2D eigenvalue weighted by Crippen LogP contribution is -2.25. The molecular weight excluding hydrogens is 769 g/mol. The molecule has 0 bridgehead atoms. The lowest BCUT2D eigenvalue weighted by atomic mass is 9.79. The molecule has 18 heteroatoms. The maximum Gasteiger partial charge on any atom is 0.295 e. The number of hydrogen-bond acceptors (Lipinski definition) is 10. The summed E-state index contributed by atoms with van der Waals surface area (Å²) in [4.78, 5) is 3.95. The quantitative estimate of drug-likeness (QED) is 0.116. The molecular formula is C35H34N2O12S4. The molecule has 0 aromatic heterocycles. The van der Waals surface area contributed by atoms with E-state index in [4.69, 9.17) is 4.99 Å². The molecule has 280 valence electrons. The summed E-state index contributed by atoms with van der Waals surface area (Å²) < 4.78 is 137. The maximum atomic E-state index is 12.3. The van der Waals surface area contributed by atoms with Crippen LogP contribution in [0.3, 0.4) is 0 Å². The van der Waals surface area contributed by atoms with Crippen LogP contribution in [0.5, 0.6) is 0 Å². The summed E-state index contributed by atoms with van der Waals surface area (Å²) in [5, 5.41) is 0.530. The van der Waals surface area contributed by atoms with E-state index < -0.39 is 70.9 Å². The van der Waals surface area contributed by atoms with Gasteiger partial charge < -0.3 is 4.90 Å². The molecule has 4 N–H and O–H groups in total. The minimum atomic E-state index is -4.88. The molecule has 6 rings (SSSR count). The molecule has 2 heterocycles. The van der Waals surface area contributed by atoms with Crippen molar-refractivity contribution >= 4 is 79.1 Å². The highest BCUT2D eigenvalue weighted by Crippen LogP contribution is 2.52. The summed E-state index contributed by atoms with van der Waals surface area (Å²) in [5.74, 6) is 0. The molecule has 4 aromatic rings. The first-order valence-corrected chi connectivity index (χ1v) is 21.6. The fourth-order valence-corrected chi connectivity index (χ4v) is 10.00. The second kappa shape index (κ2) is 12.4. The van der Waals surface area contributed by atoms with Crippen LogP contribution in [0.1, 0.15) is 45.7 Å². The number of benzene rings is 4. The Morgan fingerprint density at radius 2 is 1.13 bits per heavy atom. The van der Waals surface area contributed by atoms with Gasteiger partial charge in [-0.1, -0.05) is 58.1 Å². The van der Waals surface area contributed by atoms with Gasteiger partial charge in [0.2, 0.25) is 0 Å². The first-order valence-electron chi connectivity index (χ1n) is 15.8. The van der Waals surface area contributed by atoms with Crippen molar-refractivity contribution in [1.29, 1.82) is 0 Å². The van der Waals surface area contributed by atoms with Gasteiger partial charge in [0.15, 0.2) is 0 Å². The fourth-order valence-electron chi connectivity index (χ4n) is 7.32. The first-order chi connectivity index (χ1) is 24.3. The number of fused-ring (bicyclic) bond motifs is 6. The third-order valence-corrected chi connectivity index (χ3v) is 13.1. The van der Waals surface area contributed by atoms with Crippen molar-refractivity contribution in [3.63, 3.8) is 0 Å². The largest absolute Gasteiger partial charge is 0.344 e. The molecule has 0 fully saturated rings. The van der Waals surface area contributed by atoms with E-state index in [1.165, 1.54) is 18.2 Å². The van der Waals surface area contributed by atoms with Gasteiger partial charge in [-0.25, -0.2) is 0 Å². The van der Waals surface area contributed by atoms with Crippen LogP contribution in [0.15, 0.2) is 109 Å². The molecule has 4 aromatic carbocycles. The number of allylic oxidation sites excluding steroid dienone is 6. The Bertz CT molecular complexity index is 2870. The van der Waals surface area contributed by atoms with E-state index in [0.717, 1.165) is 17.8 Å². The van der Waals surface area contributed by atoms with Gasteiger partial charge in [-0.05, 0) is 77.4 Å². The molecule has 2 aliphatic heterocycles. The SMILES string of the molecule is CCN1/C(=C/C=C/C=C/C2=Nc3ccc4c(S(=O)(=O)O)cc(S(=O)(=O)O)cc4c3C2(C)C)C(C)(C)c2c1ccc1c(S(=O)(=O)O)cc(S(=O)(=O)O)cc21. The summed E-state index contributed by atoms with van der Waals surface area (Å²) in [6.07, 6.45) is 8.78. The smallest absolute Gasteiger partial charge is 0.295 e. The van der Waals surface area contributed by atoms with E-state index >= 15 is 0 Å². The maximum absolute atomic E-state index is 12.3. The molecule has 0 saturated carbocycles. The van der Waals surface area contributed by atoms with E-state index in [-0.39, 0.29) is 21.5 Å². The van der Waals surface area contributed by atoms with Gasteiger partial charge in [0, 0.05) is 39.5 Å². The molecule has 53 heavy (non-hydrogen) atoms. The number of likely N-dealkylation sites (N-methyl/N-ethyl adjacent to an activating group) is 1. The standard InChI is InChI=1S/C35H34N2O12S4/c1-6-37-27-15-13-23-25(17-21(51(41,42)43)19-29(23)53(47,48)49)33(27)35(4,5)31(37)11-9-7-8-10-30-34(2,3)32-24-16-20(50(38,39)40)18-28(52(44,45)46)22(24)12-14-26(32)36-30/h7-19H,6H2,1-5H3,(H,38,39,40)(H,41,42,43)(H,44,45,46)(H,47,48,49)/b9-7+,10-8+,31-11+. The summed E-state index contributed by atoms with van der Waals surface area (Å²) in [7, 11) is -19.5. The van der Waals surface area contributed by atoms with Gasteiger partial charge in [0.05, 0.1) is 21.2 Å². The highest BCUT2D eigenvalue weighted by Gasteiger charge is 2.42. The van der Waals surface area contributed by atoms with Crippen molar-refractivity contribution in [3.8, 4) is 0 Å². The number of nitrogens with zero attached hydrogens (tertiary/aromatic N) is 2. The minimum absolute atomic E-state index is 0.0514. The van der Waals surface area contributed by atoms with Crippen LogP contribution >= 0.6 is 0 Å². The van der Waals surface area contributed by atoms with Gasteiger partial charge >= 0.3 is 0 Å². The van der Waals surface area contributed by atoms with Crippen LogP contribution < -0.4 is 4.90 Å². The van der Waals surface area contributed by atoms with Gasteiger partial charge in [-0.2, -0.15) is 33.7 Å². The van der Waals surface area contributed by atoms with Crippen LogP contribution in [0.25, 0.3) is 21.5 Å². The Morgan fingerprint density at radius 1 is 0.623 bits per heavy atom. The van der Waals surface area contributed by atoms with E-state index in [0.29, 0.717) is 40.8 Å². The summed E-state index contributed by atoms with van der Waals surface area (Å²) in [6, 6.07) is 9.87. The molecule has 0 saturated heterocycles. The van der Waals surface area contributed by atoms with Gasteiger partial charge in [0.1, 0.15) is 9.79 Å². The second-order valence-electron chi connectivity index (χ2n) is 13.6. The predicted octanol–water partition coefficient (Wildman–Crippen LogP) is 6.16. The lowest BCUT2D eigenvalue weighted by molar-refractivity contribution is 0.477. The molecule has 0 radical (unpaired) electrons. The number of rotatable bonds is 8. The van der Waals surface area contributed by atoms with Crippen molar-refractivity contribution in [1.82, 2.24) is 0 Å². The molecule has 0 aliphatic carbocycles. The summed E-state index contributed by atoms with van der Waals surface area (Å²) in [5.41, 5.74) is 1.80. The highest BCUT2D eigenvalue weighted by atomic mass is 32.2. The third-order valence-electron chi connectivity index (χ3n) is 9.65. The molecule has 14 nitrogen and oxygen atoms in total. The van der Waals surface area contributed by atoms with Crippen LogP contribution in [0, 0.1) is 0 Å². The van der Waals surface area contributed by atoms with Crippen molar-refractivity contribution in [2.24, 2.45) is 4.99 Å². The average molecular weight is 803 g/mol. The Hall–Kier alpha value is -4.27. The topological polar surface area (TPSA) is 233 Å². The van der Waals surface area contributed by atoms with Crippen molar-refractivity contribution in [2.45, 2.75) is 65.0 Å². The zero-order valence-corrected chi connectivity index (χ0v) is 32.1. The van der Waals surface area contributed by atoms with Gasteiger partial charge in [-0.3, -0.25) is 23.2 Å². The molecule has 0 atom stereocenters. The number of hydrogen-bond donors (Lipinski definition) is 4. The zero-order valence-electron chi connectivity index (χ0n) is 28.8. The van der Waals surface area contributed by atoms with Crippen LogP contribution in [0.4, 0.5) is 11.4 Å². The van der Waals surface area contributed by atoms with E-state index in [9.17, 15) is 51.9 Å². The van der Waals surface area contributed by atoms with Crippen LogP contribution in [-0.2, 0) is 51.3 Å². The number of aliphatic imine (C=N–C) groups is 1. The van der Waals surface area contributed by atoms with Crippen molar-refractivity contribution in [3.05, 3.63) is 95.7 Å². The Balaban J connectivity index is 1.38. The average Bonchev–Trinajstić information content (AvgIpc) is 3.42. The van der Waals surface area contributed by atoms with Crippen LogP contribution in [0.2, 0.25) is 0 Å². The van der Waals surface area contributed by atoms with E-state index in [1.54, 1.807) is 36.4 Å². The fraction of sp³-hybridized carbons (Fsp3) is 0.229. The van der Waals surface area contributed by atoms with E-state index in [1.807, 2.05) is 45.6 Å². The summed E-state index contributed by atoms with van der Waals surface area (Å²) in [6.45, 7) is 9.76. The van der Waals surface area contributed by atoms with E-state index in [2.05, 4.69) is 0 Å². The van der Waals surface area contributed by atoms with Gasteiger partial charge in [0.25, 0.3) is 40.5 Å². The number of anilines is 1. The van der Waals surface area contributed by atoms with Crippen molar-refractivity contribution < 1.29 is 51.9 Å². The predicted molar refractivity (Wildman–Crippen MR) is 200 cm³/mol. The Morgan fingerprint density at radius 3 is 1.62 bits per heavy atom. The molecule has 0 unspecified atom stereocenters. The Kier molecular flexibility index (Phi) is 8.99. The van der Waals surface area contributed by atoms with Crippen LogP contribution in [-0.4, -0.2) is 64.1 Å². The molecule has 2 aliphatic rings. The summed E-state index contributed by atoms with van der Waals surface area (Å²) >= 11 is 0. The first kappa shape index (κ1) is 38.5. The minimum Gasteiger partial charge on any atom is -0.344 e.